The summed E-state index contributed by atoms with van der Waals surface area (Å²) in [6, 6.07) is 21.9. The molecule has 202 valence electrons. The van der Waals surface area contributed by atoms with Gasteiger partial charge in [0.2, 0.25) is 0 Å². The topological polar surface area (TPSA) is 83.8 Å². The van der Waals surface area contributed by atoms with Crippen molar-refractivity contribution in [1.82, 2.24) is 9.99 Å². The second kappa shape index (κ2) is 11.7. The molecule has 4 aromatic rings. The molecule has 1 heterocycles. The van der Waals surface area contributed by atoms with Gasteiger partial charge in [0.05, 0.1) is 22.5 Å². The fourth-order valence-electron chi connectivity index (χ4n) is 4.45. The van der Waals surface area contributed by atoms with Crippen molar-refractivity contribution in [3.05, 3.63) is 113 Å². The van der Waals surface area contributed by atoms with Crippen LogP contribution in [0.1, 0.15) is 35.0 Å². The van der Waals surface area contributed by atoms with E-state index in [1.165, 1.54) is 24.4 Å². The summed E-state index contributed by atoms with van der Waals surface area (Å²) in [6.07, 6.45) is 2.06. The van der Waals surface area contributed by atoms with E-state index < -0.39 is 22.5 Å². The van der Waals surface area contributed by atoms with Gasteiger partial charge >= 0.3 is 0 Å². The van der Waals surface area contributed by atoms with Gasteiger partial charge in [0.1, 0.15) is 12.4 Å². The molecule has 1 N–H and O–H groups in total. The lowest BCUT2D eigenvalue weighted by Crippen LogP contribution is -2.40. The molecule has 0 unspecified atom stereocenters. The average molecular weight is 547 g/mol. The maximum Gasteiger partial charge on any atom is 0.264 e. The monoisotopic (exact) mass is 546 g/mol. The van der Waals surface area contributed by atoms with Gasteiger partial charge in [-0.25, -0.2) is 18.2 Å². The summed E-state index contributed by atoms with van der Waals surface area (Å²) in [4.78, 5) is 13.1. The van der Waals surface area contributed by atoms with E-state index in [1.54, 1.807) is 47.0 Å². The zero-order chi connectivity index (χ0) is 28.2. The van der Waals surface area contributed by atoms with Gasteiger partial charge in [-0.2, -0.15) is 5.10 Å². The Morgan fingerprint density at radius 1 is 1.00 bits per heavy atom. The number of nitrogens with one attached hydrogen (secondary N) is 1. The third-order valence-corrected chi connectivity index (χ3v) is 8.27. The summed E-state index contributed by atoms with van der Waals surface area (Å²) in [5.74, 6) is -0.950. The summed E-state index contributed by atoms with van der Waals surface area (Å²) < 4.78 is 44.6. The molecule has 0 saturated carbocycles. The van der Waals surface area contributed by atoms with E-state index in [0.29, 0.717) is 23.4 Å². The molecule has 0 saturated heterocycles. The Morgan fingerprint density at radius 3 is 2.36 bits per heavy atom. The quantitative estimate of drug-likeness (QED) is 0.224. The molecular formula is C30H31FN4O3S. The van der Waals surface area contributed by atoms with Crippen LogP contribution < -0.4 is 9.73 Å². The molecule has 0 aliphatic carbocycles. The van der Waals surface area contributed by atoms with E-state index >= 15 is 0 Å². The number of hydrogen-bond acceptors (Lipinski definition) is 4. The third-order valence-electron chi connectivity index (χ3n) is 6.49. The van der Waals surface area contributed by atoms with Crippen molar-refractivity contribution in [3.8, 4) is 5.69 Å². The SMILES string of the molecule is CCc1ccccc1N(CC(=O)N/N=C\c1cc(C)n(-c2ccccc2F)c1C)S(=O)(=O)c1ccc(C)cc1. The molecule has 0 bridgehead atoms. The minimum atomic E-state index is -4.04. The van der Waals surface area contributed by atoms with Crippen LogP contribution >= 0.6 is 0 Å². The van der Waals surface area contributed by atoms with Gasteiger partial charge in [0.15, 0.2) is 0 Å². The van der Waals surface area contributed by atoms with E-state index in [0.717, 1.165) is 26.8 Å². The summed E-state index contributed by atoms with van der Waals surface area (Å²) in [7, 11) is -4.04. The maximum absolute atomic E-state index is 14.4. The average Bonchev–Trinajstić information content (AvgIpc) is 3.20. The number of amides is 1. The molecule has 0 fully saturated rings. The van der Waals surface area contributed by atoms with E-state index in [9.17, 15) is 17.6 Å². The zero-order valence-corrected chi connectivity index (χ0v) is 23.2. The number of benzene rings is 3. The van der Waals surface area contributed by atoms with Crippen molar-refractivity contribution in [1.29, 1.82) is 0 Å². The Balaban J connectivity index is 1.59. The smallest absolute Gasteiger partial charge is 0.264 e. The Hall–Kier alpha value is -4.24. The van der Waals surface area contributed by atoms with Crippen molar-refractivity contribution >= 4 is 27.8 Å². The van der Waals surface area contributed by atoms with E-state index in [-0.39, 0.29) is 10.7 Å². The number of hydrazone groups is 1. The third kappa shape index (κ3) is 5.93. The second-order valence-corrected chi connectivity index (χ2v) is 11.1. The first kappa shape index (κ1) is 27.8. The molecule has 0 aliphatic rings. The van der Waals surface area contributed by atoms with Gasteiger partial charge in [-0.15, -0.1) is 0 Å². The molecule has 39 heavy (non-hydrogen) atoms. The highest BCUT2D eigenvalue weighted by atomic mass is 32.2. The number of para-hydroxylation sites is 2. The number of halogens is 1. The van der Waals surface area contributed by atoms with Crippen molar-refractivity contribution in [2.24, 2.45) is 5.10 Å². The number of anilines is 1. The lowest BCUT2D eigenvalue weighted by Gasteiger charge is -2.25. The first-order chi connectivity index (χ1) is 18.6. The van der Waals surface area contributed by atoms with Gasteiger partial charge in [-0.3, -0.25) is 9.10 Å². The first-order valence-electron chi connectivity index (χ1n) is 12.6. The van der Waals surface area contributed by atoms with E-state index in [2.05, 4.69) is 10.5 Å². The van der Waals surface area contributed by atoms with Crippen LogP contribution in [0.4, 0.5) is 10.1 Å². The summed E-state index contributed by atoms with van der Waals surface area (Å²) >= 11 is 0. The van der Waals surface area contributed by atoms with Crippen LogP contribution in [0.3, 0.4) is 0 Å². The van der Waals surface area contributed by atoms with Crippen molar-refractivity contribution in [2.75, 3.05) is 10.8 Å². The molecule has 0 radical (unpaired) electrons. The predicted octanol–water partition coefficient (Wildman–Crippen LogP) is 5.45. The van der Waals surface area contributed by atoms with E-state index in [1.807, 2.05) is 45.9 Å². The number of carbonyl (C=O) groups excluding carboxylic acids is 1. The molecular weight excluding hydrogens is 515 g/mol. The molecule has 3 aromatic carbocycles. The van der Waals surface area contributed by atoms with Crippen LogP contribution in [0.25, 0.3) is 5.69 Å². The number of rotatable bonds is 9. The number of aryl methyl sites for hydroxylation is 3. The highest BCUT2D eigenvalue weighted by molar-refractivity contribution is 7.92. The van der Waals surface area contributed by atoms with Crippen LogP contribution in [0.2, 0.25) is 0 Å². The second-order valence-electron chi connectivity index (χ2n) is 9.21. The van der Waals surface area contributed by atoms with Gasteiger partial charge in [-0.1, -0.05) is 55.0 Å². The fraction of sp³-hybridized carbons (Fsp3) is 0.200. The Labute approximate surface area is 228 Å². The van der Waals surface area contributed by atoms with Crippen LogP contribution in [0.5, 0.6) is 0 Å². The standard InChI is InChI=1S/C30H31FN4O3S/c1-5-24-10-6-8-12-28(24)34(39(37,38)26-16-14-21(2)15-17-26)20-30(36)33-32-19-25-18-22(3)35(23(25)4)29-13-9-7-11-27(29)31/h6-19H,5,20H2,1-4H3,(H,33,36)/b32-19-. The Morgan fingerprint density at radius 2 is 1.67 bits per heavy atom. The first-order valence-corrected chi connectivity index (χ1v) is 14.0. The van der Waals surface area contributed by atoms with Crippen LogP contribution in [0.15, 0.2) is 88.9 Å². The summed E-state index contributed by atoms with van der Waals surface area (Å²) in [5.41, 5.74) is 7.27. The summed E-state index contributed by atoms with van der Waals surface area (Å²) in [6.45, 7) is 7.03. The maximum atomic E-state index is 14.4. The highest BCUT2D eigenvalue weighted by Gasteiger charge is 2.28. The van der Waals surface area contributed by atoms with E-state index in [4.69, 9.17) is 0 Å². The zero-order valence-electron chi connectivity index (χ0n) is 22.3. The molecule has 4 rings (SSSR count). The molecule has 1 aromatic heterocycles. The van der Waals surface area contributed by atoms with Crippen LogP contribution in [-0.2, 0) is 21.2 Å². The molecule has 7 nitrogen and oxygen atoms in total. The number of carbonyl (C=O) groups is 1. The van der Waals surface area contributed by atoms with Crippen molar-refractivity contribution < 1.29 is 17.6 Å². The summed E-state index contributed by atoms with van der Waals surface area (Å²) in [5, 5.41) is 4.08. The molecule has 0 spiro atoms. The molecule has 1 amide bonds. The Bertz CT molecular complexity index is 1630. The minimum Gasteiger partial charge on any atom is -0.315 e. The highest BCUT2D eigenvalue weighted by Crippen LogP contribution is 2.28. The lowest BCUT2D eigenvalue weighted by molar-refractivity contribution is -0.119. The van der Waals surface area contributed by atoms with Gasteiger partial charge in [0.25, 0.3) is 15.9 Å². The molecule has 0 atom stereocenters. The van der Waals surface area contributed by atoms with Crippen LogP contribution in [-0.4, -0.2) is 31.7 Å². The number of hydrogen-bond donors (Lipinski definition) is 1. The van der Waals surface area contributed by atoms with Crippen LogP contribution in [0, 0.1) is 26.6 Å². The Kier molecular flexibility index (Phi) is 8.30. The normalized spacial score (nSPS) is 11.6. The number of sulfonamides is 1. The number of aromatic nitrogens is 1. The molecule has 9 heteroatoms. The largest absolute Gasteiger partial charge is 0.315 e. The van der Waals surface area contributed by atoms with Gasteiger partial charge < -0.3 is 4.57 Å². The molecule has 0 aliphatic heterocycles. The van der Waals surface area contributed by atoms with Gasteiger partial charge in [-0.05, 0) is 69.2 Å². The minimum absolute atomic E-state index is 0.0934. The fourth-order valence-corrected chi connectivity index (χ4v) is 5.91. The predicted molar refractivity (Wildman–Crippen MR) is 152 cm³/mol. The van der Waals surface area contributed by atoms with Crippen molar-refractivity contribution in [3.63, 3.8) is 0 Å². The number of nitrogens with zero attached hydrogens (tertiary/aromatic N) is 3. The lowest BCUT2D eigenvalue weighted by atomic mass is 10.1. The van der Waals surface area contributed by atoms with Crippen molar-refractivity contribution in [2.45, 2.75) is 39.0 Å². The van der Waals surface area contributed by atoms with Gasteiger partial charge in [0, 0.05) is 17.0 Å².